The summed E-state index contributed by atoms with van der Waals surface area (Å²) in [5.74, 6) is 1.04. The molecule has 0 aliphatic carbocycles. The molecule has 0 aromatic carbocycles. The predicted octanol–water partition coefficient (Wildman–Crippen LogP) is 1.59. The Bertz CT molecular complexity index is 263. The smallest absolute Gasteiger partial charge is 0.105 e. The molecule has 1 unspecified atom stereocenters. The van der Waals surface area contributed by atoms with E-state index in [1.807, 2.05) is 12.1 Å². The molecule has 1 saturated heterocycles. The Kier molecular flexibility index (Phi) is 2.89. The van der Waals surface area contributed by atoms with Crippen LogP contribution >= 0.6 is 0 Å². The Hall–Kier alpha value is -0.800. The van der Waals surface area contributed by atoms with E-state index in [1.54, 1.807) is 13.4 Å². The maximum absolute atomic E-state index is 5.37. The predicted molar refractivity (Wildman–Crippen MR) is 54.3 cm³/mol. The summed E-state index contributed by atoms with van der Waals surface area (Å²) in [4.78, 5) is 0. The van der Waals surface area contributed by atoms with Crippen molar-refractivity contribution in [2.45, 2.75) is 24.8 Å². The highest BCUT2D eigenvalue weighted by Crippen LogP contribution is 2.24. The van der Waals surface area contributed by atoms with Crippen molar-refractivity contribution >= 4 is 0 Å². The van der Waals surface area contributed by atoms with Gasteiger partial charge in [-0.3, -0.25) is 0 Å². The van der Waals surface area contributed by atoms with Crippen LogP contribution in [0.15, 0.2) is 22.8 Å². The molecule has 1 atom stereocenters. The Labute approximate surface area is 84.4 Å². The molecule has 1 aromatic heterocycles. The molecule has 2 heterocycles. The number of methoxy groups -OCH3 is 1. The fraction of sp³-hybridized carbons (Fsp3) is 0.636. The minimum atomic E-state index is 0.104. The first-order valence-electron chi connectivity index (χ1n) is 5.11. The van der Waals surface area contributed by atoms with Crippen molar-refractivity contribution in [2.24, 2.45) is 0 Å². The normalized spacial score (nSPS) is 26.9. The van der Waals surface area contributed by atoms with Gasteiger partial charge in [-0.25, -0.2) is 0 Å². The van der Waals surface area contributed by atoms with E-state index in [9.17, 15) is 0 Å². The lowest BCUT2D eigenvalue weighted by atomic mass is 9.93. The minimum Gasteiger partial charge on any atom is -0.469 e. The molecule has 1 aromatic rings. The van der Waals surface area contributed by atoms with Crippen LogP contribution in [0.2, 0.25) is 0 Å². The zero-order valence-corrected chi connectivity index (χ0v) is 8.58. The first kappa shape index (κ1) is 9.74. The highest BCUT2D eigenvalue weighted by molar-refractivity contribution is 5.07. The van der Waals surface area contributed by atoms with Gasteiger partial charge >= 0.3 is 0 Å². The molecule has 0 radical (unpaired) electrons. The van der Waals surface area contributed by atoms with Crippen LogP contribution in [0.5, 0.6) is 0 Å². The van der Waals surface area contributed by atoms with Crippen molar-refractivity contribution in [3.05, 3.63) is 24.2 Å². The van der Waals surface area contributed by atoms with Crippen LogP contribution in [0.3, 0.4) is 0 Å². The van der Waals surface area contributed by atoms with Crippen LogP contribution < -0.4 is 5.32 Å². The van der Waals surface area contributed by atoms with Crippen molar-refractivity contribution in [3.8, 4) is 0 Å². The third-order valence-corrected chi connectivity index (χ3v) is 2.85. The van der Waals surface area contributed by atoms with E-state index in [0.717, 1.165) is 25.3 Å². The third-order valence-electron chi connectivity index (χ3n) is 2.85. The highest BCUT2D eigenvalue weighted by Gasteiger charge is 2.34. The molecule has 0 bridgehead atoms. The second-order valence-electron chi connectivity index (χ2n) is 4.00. The van der Waals surface area contributed by atoms with E-state index in [0.29, 0.717) is 0 Å². The second-order valence-corrected chi connectivity index (χ2v) is 4.00. The van der Waals surface area contributed by atoms with Gasteiger partial charge in [0.05, 0.1) is 12.9 Å². The van der Waals surface area contributed by atoms with E-state index in [1.165, 1.54) is 12.8 Å². The van der Waals surface area contributed by atoms with Crippen LogP contribution in [-0.4, -0.2) is 25.8 Å². The largest absolute Gasteiger partial charge is 0.469 e. The molecule has 1 fully saturated rings. The average Bonchev–Trinajstić information content (AvgIpc) is 2.78. The van der Waals surface area contributed by atoms with Crippen molar-refractivity contribution < 1.29 is 9.15 Å². The number of furan rings is 1. The quantitative estimate of drug-likeness (QED) is 0.792. The van der Waals surface area contributed by atoms with E-state index >= 15 is 0 Å². The molecule has 1 aliphatic heterocycles. The summed E-state index contributed by atoms with van der Waals surface area (Å²) >= 11 is 0. The number of nitrogens with one attached hydrogen (secondary N) is 1. The van der Waals surface area contributed by atoms with Crippen molar-refractivity contribution in [3.63, 3.8) is 0 Å². The van der Waals surface area contributed by atoms with Crippen molar-refractivity contribution in [2.75, 3.05) is 20.3 Å². The molecule has 2 rings (SSSR count). The van der Waals surface area contributed by atoms with Gasteiger partial charge < -0.3 is 14.5 Å². The van der Waals surface area contributed by atoms with Gasteiger partial charge in [0.25, 0.3) is 0 Å². The summed E-state index contributed by atoms with van der Waals surface area (Å²) in [7, 11) is 1.75. The highest BCUT2D eigenvalue weighted by atomic mass is 16.5. The Morgan fingerprint density at radius 2 is 2.57 bits per heavy atom. The van der Waals surface area contributed by atoms with Gasteiger partial charge in [-0.05, 0) is 31.5 Å². The fourth-order valence-electron chi connectivity index (χ4n) is 2.22. The molecule has 0 saturated carbocycles. The van der Waals surface area contributed by atoms with Crippen LogP contribution in [0, 0.1) is 0 Å². The zero-order valence-electron chi connectivity index (χ0n) is 8.58. The van der Waals surface area contributed by atoms with Crippen molar-refractivity contribution in [1.29, 1.82) is 0 Å². The molecule has 14 heavy (non-hydrogen) atoms. The maximum atomic E-state index is 5.37. The number of ether oxygens (including phenoxy) is 1. The lowest BCUT2D eigenvalue weighted by Crippen LogP contribution is -2.45. The summed E-state index contributed by atoms with van der Waals surface area (Å²) < 4.78 is 10.6. The molecule has 0 spiro atoms. The fourth-order valence-corrected chi connectivity index (χ4v) is 2.22. The SMILES string of the molecule is COCC1(Cc2ccco2)CCCN1. The van der Waals surface area contributed by atoms with Gasteiger partial charge in [-0.1, -0.05) is 0 Å². The molecule has 0 amide bonds. The summed E-state index contributed by atoms with van der Waals surface area (Å²) in [5, 5.41) is 3.52. The summed E-state index contributed by atoms with van der Waals surface area (Å²) in [6.07, 6.45) is 5.05. The summed E-state index contributed by atoms with van der Waals surface area (Å²) in [6.45, 7) is 1.85. The van der Waals surface area contributed by atoms with E-state index in [4.69, 9.17) is 9.15 Å². The lowest BCUT2D eigenvalue weighted by Gasteiger charge is -2.27. The number of hydrogen-bond acceptors (Lipinski definition) is 3. The average molecular weight is 195 g/mol. The first-order chi connectivity index (χ1) is 6.85. The van der Waals surface area contributed by atoms with Gasteiger partial charge in [0, 0.05) is 19.1 Å². The van der Waals surface area contributed by atoms with Crippen LogP contribution in [-0.2, 0) is 11.2 Å². The Balaban J connectivity index is 2.04. The van der Waals surface area contributed by atoms with Crippen LogP contribution in [0.25, 0.3) is 0 Å². The lowest BCUT2D eigenvalue weighted by molar-refractivity contribution is 0.116. The molecule has 78 valence electrons. The summed E-state index contributed by atoms with van der Waals surface area (Å²) in [6, 6.07) is 3.96. The van der Waals surface area contributed by atoms with Gasteiger partial charge in [-0.2, -0.15) is 0 Å². The Morgan fingerprint density at radius 1 is 1.64 bits per heavy atom. The molecular formula is C11H17NO2. The topological polar surface area (TPSA) is 34.4 Å². The van der Waals surface area contributed by atoms with E-state index in [-0.39, 0.29) is 5.54 Å². The molecule has 1 aliphatic rings. The molecular weight excluding hydrogens is 178 g/mol. The molecule has 1 N–H and O–H groups in total. The number of rotatable bonds is 4. The van der Waals surface area contributed by atoms with Crippen LogP contribution in [0.4, 0.5) is 0 Å². The molecule has 3 nitrogen and oxygen atoms in total. The third kappa shape index (κ3) is 1.99. The monoisotopic (exact) mass is 195 g/mol. The Morgan fingerprint density at radius 3 is 3.14 bits per heavy atom. The van der Waals surface area contributed by atoms with E-state index < -0.39 is 0 Å². The van der Waals surface area contributed by atoms with Crippen LogP contribution in [0.1, 0.15) is 18.6 Å². The minimum absolute atomic E-state index is 0.104. The summed E-state index contributed by atoms with van der Waals surface area (Å²) in [5.41, 5.74) is 0.104. The van der Waals surface area contributed by atoms with Gasteiger partial charge in [0.1, 0.15) is 5.76 Å². The first-order valence-corrected chi connectivity index (χ1v) is 5.11. The zero-order chi connectivity index (χ0) is 9.86. The number of hydrogen-bond donors (Lipinski definition) is 1. The van der Waals surface area contributed by atoms with Crippen molar-refractivity contribution in [1.82, 2.24) is 5.32 Å². The second kappa shape index (κ2) is 4.15. The van der Waals surface area contributed by atoms with Gasteiger partial charge in [0.15, 0.2) is 0 Å². The van der Waals surface area contributed by atoms with Gasteiger partial charge in [-0.15, -0.1) is 0 Å². The maximum Gasteiger partial charge on any atom is 0.105 e. The molecule has 3 heteroatoms. The van der Waals surface area contributed by atoms with Gasteiger partial charge in [0.2, 0.25) is 0 Å². The standard InChI is InChI=1S/C11H17NO2/c1-13-9-11(5-3-6-12-11)8-10-4-2-7-14-10/h2,4,7,12H,3,5-6,8-9H2,1H3. The van der Waals surface area contributed by atoms with E-state index in [2.05, 4.69) is 5.32 Å².